The number of ether oxygens (including phenoxy) is 1. The summed E-state index contributed by atoms with van der Waals surface area (Å²) in [7, 11) is 1.76. The molecule has 0 unspecified atom stereocenters. The van der Waals surface area contributed by atoms with Crippen LogP contribution in [0.1, 0.15) is 12.0 Å². The second-order valence-electron chi connectivity index (χ2n) is 4.15. The maximum Gasteiger partial charge on any atom is 0.573 e. The summed E-state index contributed by atoms with van der Waals surface area (Å²) in [5.41, 5.74) is 0.827. The summed E-state index contributed by atoms with van der Waals surface area (Å²) >= 11 is 0. The molecule has 8 heteroatoms. The molecule has 0 spiro atoms. The van der Waals surface area contributed by atoms with Gasteiger partial charge < -0.3 is 15.4 Å². The van der Waals surface area contributed by atoms with Gasteiger partial charge in [-0.05, 0) is 31.2 Å². The quantitative estimate of drug-likeness (QED) is 0.808. The molecule has 0 fully saturated rings. The Morgan fingerprint density at radius 2 is 1.81 bits per heavy atom. The van der Waals surface area contributed by atoms with Gasteiger partial charge in [0.1, 0.15) is 5.75 Å². The standard InChI is InChI=1S/C13H17F3N2O2.ClH/c1-17-8-7-12(19)18-9-6-10-2-4-11(5-3-10)20-13(14,15)16;/h2-5,17H,6-9H2,1H3,(H,18,19);1H. The maximum absolute atomic E-state index is 12.0. The predicted molar refractivity (Wildman–Crippen MR) is 75.6 cm³/mol. The van der Waals surface area contributed by atoms with Gasteiger partial charge in [0.2, 0.25) is 5.91 Å². The van der Waals surface area contributed by atoms with E-state index in [1.807, 2.05) is 0 Å². The van der Waals surface area contributed by atoms with Gasteiger partial charge in [0.15, 0.2) is 0 Å². The molecule has 0 saturated heterocycles. The lowest BCUT2D eigenvalue weighted by molar-refractivity contribution is -0.274. The monoisotopic (exact) mass is 326 g/mol. The Balaban J connectivity index is 0.00000400. The van der Waals surface area contributed by atoms with Crippen LogP contribution in [-0.2, 0) is 11.2 Å². The van der Waals surface area contributed by atoms with E-state index in [1.54, 1.807) is 19.2 Å². The zero-order valence-corrected chi connectivity index (χ0v) is 12.3. The van der Waals surface area contributed by atoms with E-state index in [1.165, 1.54) is 12.1 Å². The molecule has 21 heavy (non-hydrogen) atoms. The first-order chi connectivity index (χ1) is 9.40. The molecule has 1 aromatic carbocycles. The van der Waals surface area contributed by atoms with Crippen molar-refractivity contribution in [2.45, 2.75) is 19.2 Å². The van der Waals surface area contributed by atoms with Crippen LogP contribution >= 0.6 is 12.4 Å². The second-order valence-corrected chi connectivity index (χ2v) is 4.15. The third kappa shape index (κ3) is 9.14. The molecule has 2 N–H and O–H groups in total. The molecule has 0 aromatic heterocycles. The Labute approximate surface area is 127 Å². The van der Waals surface area contributed by atoms with Crippen LogP contribution in [0.4, 0.5) is 13.2 Å². The SMILES string of the molecule is CNCCC(=O)NCCc1ccc(OC(F)(F)F)cc1.Cl. The van der Waals surface area contributed by atoms with E-state index in [0.717, 1.165) is 5.56 Å². The molecule has 0 aliphatic heterocycles. The van der Waals surface area contributed by atoms with Crippen molar-refractivity contribution in [3.63, 3.8) is 0 Å². The van der Waals surface area contributed by atoms with E-state index in [0.29, 0.717) is 25.9 Å². The molecular weight excluding hydrogens is 309 g/mol. The highest BCUT2D eigenvalue weighted by Crippen LogP contribution is 2.22. The Bertz CT molecular complexity index is 424. The van der Waals surface area contributed by atoms with Gasteiger partial charge in [-0.2, -0.15) is 0 Å². The van der Waals surface area contributed by atoms with Gasteiger partial charge in [0, 0.05) is 19.5 Å². The van der Waals surface area contributed by atoms with Crippen LogP contribution in [0.3, 0.4) is 0 Å². The number of carbonyl (C=O) groups excluding carboxylic acids is 1. The average molecular weight is 327 g/mol. The Morgan fingerprint density at radius 1 is 1.19 bits per heavy atom. The zero-order valence-electron chi connectivity index (χ0n) is 11.5. The predicted octanol–water partition coefficient (Wildman–Crippen LogP) is 2.28. The molecule has 0 aliphatic rings. The fraction of sp³-hybridized carbons (Fsp3) is 0.462. The number of rotatable bonds is 7. The topological polar surface area (TPSA) is 50.4 Å². The molecule has 0 bridgehead atoms. The molecule has 0 aliphatic carbocycles. The van der Waals surface area contributed by atoms with Crippen LogP contribution in [0.2, 0.25) is 0 Å². The van der Waals surface area contributed by atoms with Gasteiger partial charge in [0.05, 0.1) is 0 Å². The van der Waals surface area contributed by atoms with E-state index >= 15 is 0 Å². The molecule has 0 radical (unpaired) electrons. The number of carbonyl (C=O) groups is 1. The zero-order chi connectivity index (χ0) is 15.0. The van der Waals surface area contributed by atoms with E-state index in [9.17, 15) is 18.0 Å². The maximum atomic E-state index is 12.0. The highest BCUT2D eigenvalue weighted by molar-refractivity contribution is 5.85. The summed E-state index contributed by atoms with van der Waals surface area (Å²) < 4.78 is 39.6. The molecule has 0 saturated carbocycles. The van der Waals surface area contributed by atoms with E-state index < -0.39 is 6.36 Å². The smallest absolute Gasteiger partial charge is 0.406 e. The average Bonchev–Trinajstić information content (AvgIpc) is 2.37. The van der Waals surface area contributed by atoms with Gasteiger partial charge in [-0.1, -0.05) is 12.1 Å². The first-order valence-corrected chi connectivity index (χ1v) is 6.16. The number of benzene rings is 1. The number of amides is 1. The number of nitrogens with one attached hydrogen (secondary N) is 2. The first kappa shape index (κ1) is 19.5. The minimum atomic E-state index is -4.68. The Kier molecular flexibility index (Phi) is 8.80. The molecule has 120 valence electrons. The van der Waals surface area contributed by atoms with Gasteiger partial charge in [0.25, 0.3) is 0 Å². The highest BCUT2D eigenvalue weighted by atomic mass is 35.5. The largest absolute Gasteiger partial charge is 0.573 e. The lowest BCUT2D eigenvalue weighted by Crippen LogP contribution is -2.28. The normalized spacial score (nSPS) is 10.7. The highest BCUT2D eigenvalue weighted by Gasteiger charge is 2.30. The number of alkyl halides is 3. The summed E-state index contributed by atoms with van der Waals surface area (Å²) in [6.07, 6.45) is -3.73. The lowest BCUT2D eigenvalue weighted by atomic mass is 10.1. The molecule has 0 heterocycles. The molecule has 4 nitrogen and oxygen atoms in total. The van der Waals surface area contributed by atoms with E-state index in [2.05, 4.69) is 15.4 Å². The summed E-state index contributed by atoms with van der Waals surface area (Å²) in [5, 5.41) is 5.59. The summed E-state index contributed by atoms with van der Waals surface area (Å²) in [5.74, 6) is -0.310. The van der Waals surface area contributed by atoms with Crippen molar-refractivity contribution in [1.29, 1.82) is 0 Å². The first-order valence-electron chi connectivity index (χ1n) is 6.16. The summed E-state index contributed by atoms with van der Waals surface area (Å²) in [6, 6.07) is 5.60. The van der Waals surface area contributed by atoms with Crippen molar-refractivity contribution in [1.82, 2.24) is 10.6 Å². The third-order valence-electron chi connectivity index (χ3n) is 2.49. The minimum absolute atomic E-state index is 0. The molecule has 1 rings (SSSR count). The lowest BCUT2D eigenvalue weighted by Gasteiger charge is -2.09. The molecular formula is C13H18ClF3N2O2. The van der Waals surface area contributed by atoms with Crippen LogP contribution in [0.25, 0.3) is 0 Å². The number of hydrogen-bond donors (Lipinski definition) is 2. The van der Waals surface area contributed by atoms with E-state index in [-0.39, 0.29) is 24.1 Å². The fourth-order valence-corrected chi connectivity index (χ4v) is 1.53. The summed E-state index contributed by atoms with van der Waals surface area (Å²) in [4.78, 5) is 11.3. The minimum Gasteiger partial charge on any atom is -0.406 e. The van der Waals surface area contributed by atoms with Crippen LogP contribution in [-0.4, -0.2) is 32.4 Å². The van der Waals surface area contributed by atoms with Crippen LogP contribution in [0.5, 0.6) is 5.75 Å². The van der Waals surface area contributed by atoms with Crippen LogP contribution in [0.15, 0.2) is 24.3 Å². The molecule has 0 atom stereocenters. The Hall–Kier alpha value is -1.47. The van der Waals surface area contributed by atoms with Crippen LogP contribution in [0, 0.1) is 0 Å². The summed E-state index contributed by atoms with van der Waals surface area (Å²) in [6.45, 7) is 1.05. The van der Waals surface area contributed by atoms with Gasteiger partial charge in [-0.25, -0.2) is 0 Å². The fourth-order valence-electron chi connectivity index (χ4n) is 1.53. The molecule has 1 aromatic rings. The second kappa shape index (κ2) is 9.46. The van der Waals surface area contributed by atoms with Gasteiger partial charge in [-0.15, -0.1) is 25.6 Å². The molecule has 1 amide bonds. The van der Waals surface area contributed by atoms with Gasteiger partial charge in [-0.3, -0.25) is 4.79 Å². The van der Waals surface area contributed by atoms with Crippen molar-refractivity contribution in [2.24, 2.45) is 0 Å². The van der Waals surface area contributed by atoms with Crippen molar-refractivity contribution < 1.29 is 22.7 Å². The van der Waals surface area contributed by atoms with Crippen molar-refractivity contribution in [2.75, 3.05) is 20.1 Å². The van der Waals surface area contributed by atoms with Crippen molar-refractivity contribution in [3.8, 4) is 5.75 Å². The van der Waals surface area contributed by atoms with Crippen molar-refractivity contribution in [3.05, 3.63) is 29.8 Å². The van der Waals surface area contributed by atoms with Gasteiger partial charge >= 0.3 is 6.36 Å². The number of hydrogen-bond acceptors (Lipinski definition) is 3. The Morgan fingerprint density at radius 3 is 2.33 bits per heavy atom. The van der Waals surface area contributed by atoms with Crippen LogP contribution < -0.4 is 15.4 Å². The third-order valence-corrected chi connectivity index (χ3v) is 2.49. The number of halogens is 4. The van der Waals surface area contributed by atoms with E-state index in [4.69, 9.17) is 0 Å². The van der Waals surface area contributed by atoms with Crippen molar-refractivity contribution >= 4 is 18.3 Å².